The third-order valence-electron chi connectivity index (χ3n) is 2.61. The highest BCUT2D eigenvalue weighted by Crippen LogP contribution is 2.21. The van der Waals surface area contributed by atoms with Crippen molar-refractivity contribution in [1.29, 1.82) is 0 Å². The molecular formula is C15H13N. The predicted octanol–water partition coefficient (Wildman–Crippen LogP) is 3.89. The largest absolute Gasteiger partial charge is 0.308 e. The molecule has 0 N–H and O–H groups in total. The molecule has 1 nitrogen and oxygen atoms in total. The fraction of sp³-hybridized carbons (Fsp3) is 0.133. The summed E-state index contributed by atoms with van der Waals surface area (Å²) in [5, 5.41) is 0. The van der Waals surface area contributed by atoms with E-state index in [9.17, 15) is 0 Å². The standard InChI is InChI=1S/C15H13N/c1-16-15(14-10-6-3-7-11-14)12-13-8-4-2-5-9-13/h2-11,15H,12H2/t15-/m0/s1. The lowest BCUT2D eigenvalue weighted by atomic mass is 10.00. The third-order valence-corrected chi connectivity index (χ3v) is 2.61. The van der Waals surface area contributed by atoms with Crippen molar-refractivity contribution in [3.8, 4) is 0 Å². The first-order valence-electron chi connectivity index (χ1n) is 5.35. The van der Waals surface area contributed by atoms with Crippen LogP contribution in [0.5, 0.6) is 0 Å². The van der Waals surface area contributed by atoms with Crippen LogP contribution in [0.15, 0.2) is 60.7 Å². The summed E-state index contributed by atoms with van der Waals surface area (Å²) >= 11 is 0. The van der Waals surface area contributed by atoms with Gasteiger partial charge in [-0.2, -0.15) is 0 Å². The van der Waals surface area contributed by atoms with Crippen LogP contribution in [-0.2, 0) is 6.42 Å². The van der Waals surface area contributed by atoms with Gasteiger partial charge in [-0.25, -0.2) is 6.57 Å². The van der Waals surface area contributed by atoms with E-state index in [-0.39, 0.29) is 6.04 Å². The molecule has 2 rings (SSSR count). The second-order valence-electron chi connectivity index (χ2n) is 3.75. The summed E-state index contributed by atoms with van der Waals surface area (Å²) in [6, 6.07) is 20.1. The summed E-state index contributed by atoms with van der Waals surface area (Å²) in [7, 11) is 0. The van der Waals surface area contributed by atoms with Gasteiger partial charge in [0.25, 0.3) is 6.04 Å². The lowest BCUT2D eigenvalue weighted by molar-refractivity contribution is 0.831. The number of nitrogens with zero attached hydrogens (tertiary/aromatic N) is 1. The Bertz CT molecular complexity index is 468. The van der Waals surface area contributed by atoms with Crippen LogP contribution < -0.4 is 0 Å². The Balaban J connectivity index is 2.17. The summed E-state index contributed by atoms with van der Waals surface area (Å²) in [6.45, 7) is 7.27. The normalized spacial score (nSPS) is 11.7. The molecule has 1 heteroatoms. The van der Waals surface area contributed by atoms with Crippen molar-refractivity contribution >= 4 is 0 Å². The average molecular weight is 207 g/mol. The van der Waals surface area contributed by atoms with Crippen molar-refractivity contribution in [2.24, 2.45) is 0 Å². The Morgan fingerprint density at radius 3 is 2.00 bits per heavy atom. The minimum atomic E-state index is -0.0661. The first-order valence-corrected chi connectivity index (χ1v) is 5.35. The quantitative estimate of drug-likeness (QED) is 0.672. The SMILES string of the molecule is [C-]#[N+][C@@H](Cc1ccccc1)c1ccccc1. The lowest BCUT2D eigenvalue weighted by Crippen LogP contribution is -1.97. The molecule has 1 atom stereocenters. The molecule has 0 fully saturated rings. The van der Waals surface area contributed by atoms with Gasteiger partial charge in [0, 0.05) is 5.56 Å². The van der Waals surface area contributed by atoms with Crippen molar-refractivity contribution in [3.05, 3.63) is 83.2 Å². The van der Waals surface area contributed by atoms with E-state index in [2.05, 4.69) is 17.0 Å². The molecule has 0 bridgehead atoms. The van der Waals surface area contributed by atoms with Gasteiger partial charge in [0.2, 0.25) is 0 Å². The Labute approximate surface area is 96.2 Å². The molecule has 2 aromatic rings. The highest BCUT2D eigenvalue weighted by atomic mass is 14.7. The smallest absolute Gasteiger partial charge is 0.252 e. The zero-order chi connectivity index (χ0) is 11.2. The highest BCUT2D eigenvalue weighted by molar-refractivity contribution is 5.25. The van der Waals surface area contributed by atoms with Crippen LogP contribution >= 0.6 is 0 Å². The molecule has 0 aliphatic heterocycles. The molecule has 0 amide bonds. The van der Waals surface area contributed by atoms with Crippen LogP contribution in [0.25, 0.3) is 4.85 Å². The number of hydrogen-bond acceptors (Lipinski definition) is 0. The van der Waals surface area contributed by atoms with Crippen LogP contribution in [0.3, 0.4) is 0 Å². The van der Waals surface area contributed by atoms with Gasteiger partial charge in [-0.15, -0.1) is 0 Å². The maximum atomic E-state index is 7.27. The fourth-order valence-electron chi connectivity index (χ4n) is 1.75. The molecular weight excluding hydrogens is 194 g/mol. The Kier molecular flexibility index (Phi) is 3.35. The van der Waals surface area contributed by atoms with Crippen molar-refractivity contribution < 1.29 is 0 Å². The van der Waals surface area contributed by atoms with Crippen molar-refractivity contribution in [2.75, 3.05) is 0 Å². The Morgan fingerprint density at radius 1 is 0.875 bits per heavy atom. The lowest BCUT2D eigenvalue weighted by Gasteiger charge is -2.05. The molecule has 0 saturated carbocycles. The molecule has 0 saturated heterocycles. The van der Waals surface area contributed by atoms with Crippen LogP contribution in [0.4, 0.5) is 0 Å². The molecule has 0 heterocycles. The second kappa shape index (κ2) is 5.14. The van der Waals surface area contributed by atoms with Crippen LogP contribution in [0.2, 0.25) is 0 Å². The maximum Gasteiger partial charge on any atom is 0.252 e. The van der Waals surface area contributed by atoms with Gasteiger partial charge in [-0.1, -0.05) is 60.7 Å². The number of rotatable bonds is 3. The van der Waals surface area contributed by atoms with Gasteiger partial charge in [-0.3, -0.25) is 0 Å². The Hall–Kier alpha value is -2.07. The summed E-state index contributed by atoms with van der Waals surface area (Å²) in [6.07, 6.45) is 0.786. The molecule has 0 aromatic heterocycles. The van der Waals surface area contributed by atoms with Crippen molar-refractivity contribution in [2.45, 2.75) is 12.5 Å². The summed E-state index contributed by atoms with van der Waals surface area (Å²) < 4.78 is 0. The molecule has 0 aliphatic carbocycles. The molecule has 0 aliphatic rings. The van der Waals surface area contributed by atoms with Gasteiger partial charge in [-0.05, 0) is 5.56 Å². The monoisotopic (exact) mass is 207 g/mol. The van der Waals surface area contributed by atoms with Crippen molar-refractivity contribution in [1.82, 2.24) is 0 Å². The Morgan fingerprint density at radius 2 is 1.44 bits per heavy atom. The van der Waals surface area contributed by atoms with Gasteiger partial charge < -0.3 is 4.85 Å². The van der Waals surface area contributed by atoms with E-state index >= 15 is 0 Å². The zero-order valence-corrected chi connectivity index (χ0v) is 9.01. The van der Waals surface area contributed by atoms with Crippen LogP contribution in [0.1, 0.15) is 17.2 Å². The highest BCUT2D eigenvalue weighted by Gasteiger charge is 2.15. The number of benzene rings is 2. The summed E-state index contributed by atoms with van der Waals surface area (Å²) in [5.74, 6) is 0. The van der Waals surface area contributed by atoms with E-state index in [0.29, 0.717) is 0 Å². The molecule has 0 spiro atoms. The first kappa shape index (κ1) is 10.4. The minimum absolute atomic E-state index is 0.0661. The minimum Gasteiger partial charge on any atom is -0.308 e. The van der Waals surface area contributed by atoms with E-state index in [1.165, 1.54) is 5.56 Å². The van der Waals surface area contributed by atoms with E-state index < -0.39 is 0 Å². The first-order chi connectivity index (χ1) is 7.90. The van der Waals surface area contributed by atoms with E-state index in [0.717, 1.165) is 12.0 Å². The maximum absolute atomic E-state index is 7.27. The van der Waals surface area contributed by atoms with Gasteiger partial charge >= 0.3 is 0 Å². The van der Waals surface area contributed by atoms with Crippen LogP contribution in [0, 0.1) is 6.57 Å². The predicted molar refractivity (Wildman–Crippen MR) is 65.9 cm³/mol. The molecule has 0 unspecified atom stereocenters. The van der Waals surface area contributed by atoms with E-state index in [1.54, 1.807) is 0 Å². The van der Waals surface area contributed by atoms with Crippen molar-refractivity contribution in [3.63, 3.8) is 0 Å². The molecule has 78 valence electrons. The molecule has 0 radical (unpaired) electrons. The fourth-order valence-corrected chi connectivity index (χ4v) is 1.75. The summed E-state index contributed by atoms with van der Waals surface area (Å²) in [5.41, 5.74) is 2.31. The topological polar surface area (TPSA) is 4.36 Å². The van der Waals surface area contributed by atoms with Gasteiger partial charge in [0.05, 0.1) is 6.42 Å². The van der Waals surface area contributed by atoms with Gasteiger partial charge in [0.15, 0.2) is 0 Å². The molecule has 2 aromatic carbocycles. The van der Waals surface area contributed by atoms with Gasteiger partial charge in [0.1, 0.15) is 0 Å². The van der Waals surface area contributed by atoms with Crippen LogP contribution in [-0.4, -0.2) is 0 Å². The molecule has 16 heavy (non-hydrogen) atoms. The second-order valence-corrected chi connectivity index (χ2v) is 3.75. The number of hydrogen-bond donors (Lipinski definition) is 0. The van der Waals surface area contributed by atoms with E-state index in [1.807, 2.05) is 48.5 Å². The third kappa shape index (κ3) is 2.49. The average Bonchev–Trinajstić information content (AvgIpc) is 2.38. The summed E-state index contributed by atoms with van der Waals surface area (Å²) in [4.78, 5) is 3.70. The zero-order valence-electron chi connectivity index (χ0n) is 9.01. The van der Waals surface area contributed by atoms with E-state index in [4.69, 9.17) is 6.57 Å².